The van der Waals surface area contributed by atoms with E-state index in [1.165, 1.54) is 12.8 Å². The quantitative estimate of drug-likeness (QED) is 0.762. The molecule has 4 saturated heterocycles. The van der Waals surface area contributed by atoms with Gasteiger partial charge < -0.3 is 15.0 Å². The van der Waals surface area contributed by atoms with Gasteiger partial charge in [0.1, 0.15) is 0 Å². The van der Waals surface area contributed by atoms with Crippen LogP contribution in [0.1, 0.15) is 19.3 Å². The number of rotatable bonds is 1. The largest absolute Gasteiger partial charge is 0.381 e. The lowest BCUT2D eigenvalue weighted by Gasteiger charge is -2.27. The molecule has 0 aliphatic carbocycles. The summed E-state index contributed by atoms with van der Waals surface area (Å²) in [6.07, 6.45) is 3.39. The number of carbonyl (C=O) groups excluding carboxylic acids is 1. The first kappa shape index (κ1) is 12.7. The fourth-order valence-electron chi connectivity index (χ4n) is 4.54. The lowest BCUT2D eigenvalue weighted by atomic mass is 9.82. The number of ether oxygens (including phenoxy) is 1. The van der Waals surface area contributed by atoms with Gasteiger partial charge in [-0.2, -0.15) is 0 Å². The molecular formula is C13H21ClN2O2. The lowest BCUT2D eigenvalue weighted by Crippen LogP contribution is -2.42. The van der Waals surface area contributed by atoms with Gasteiger partial charge in [0.15, 0.2) is 0 Å². The summed E-state index contributed by atoms with van der Waals surface area (Å²) in [5, 5.41) is 3.49. The van der Waals surface area contributed by atoms with Gasteiger partial charge in [0.25, 0.3) is 0 Å². The van der Waals surface area contributed by atoms with Gasteiger partial charge in [0.05, 0.1) is 12.5 Å². The Bertz CT molecular complexity index is 328. The molecule has 0 aromatic heterocycles. The second-order valence-corrected chi connectivity index (χ2v) is 6.00. The molecular weight excluding hydrogens is 252 g/mol. The fourth-order valence-corrected chi connectivity index (χ4v) is 4.54. The third-order valence-electron chi connectivity index (χ3n) is 5.30. The summed E-state index contributed by atoms with van der Waals surface area (Å²) >= 11 is 0. The van der Waals surface area contributed by atoms with Crippen LogP contribution in [0.5, 0.6) is 0 Å². The minimum atomic E-state index is 0. The molecule has 4 aliphatic heterocycles. The van der Waals surface area contributed by atoms with Gasteiger partial charge in [-0.3, -0.25) is 4.79 Å². The Kier molecular flexibility index (Phi) is 3.28. The minimum Gasteiger partial charge on any atom is -0.381 e. The zero-order valence-corrected chi connectivity index (χ0v) is 11.3. The Hall–Kier alpha value is -0.320. The Morgan fingerprint density at radius 1 is 1.11 bits per heavy atom. The molecule has 1 N–H and O–H groups in total. The van der Waals surface area contributed by atoms with Crippen LogP contribution in [0, 0.1) is 17.8 Å². The van der Waals surface area contributed by atoms with E-state index in [2.05, 4.69) is 10.2 Å². The third-order valence-corrected chi connectivity index (χ3v) is 5.30. The van der Waals surface area contributed by atoms with Crippen molar-refractivity contribution < 1.29 is 9.53 Å². The van der Waals surface area contributed by atoms with Crippen molar-refractivity contribution in [3.05, 3.63) is 0 Å². The summed E-state index contributed by atoms with van der Waals surface area (Å²) in [6, 6.07) is 1.07. The van der Waals surface area contributed by atoms with Crippen molar-refractivity contribution in [2.24, 2.45) is 17.8 Å². The number of carbonyl (C=O) groups is 1. The molecule has 0 aromatic rings. The first-order valence-corrected chi connectivity index (χ1v) is 6.97. The average molecular weight is 273 g/mol. The second kappa shape index (κ2) is 4.66. The molecule has 4 heterocycles. The van der Waals surface area contributed by atoms with Gasteiger partial charge in [0.2, 0.25) is 5.91 Å². The number of hydrogen-bond donors (Lipinski definition) is 1. The number of halogens is 1. The molecule has 0 aromatic carbocycles. The van der Waals surface area contributed by atoms with Gasteiger partial charge in [-0.1, -0.05) is 0 Å². The number of nitrogens with zero attached hydrogens (tertiary/aromatic N) is 1. The van der Waals surface area contributed by atoms with Crippen LogP contribution >= 0.6 is 12.4 Å². The van der Waals surface area contributed by atoms with Crippen molar-refractivity contribution in [3.63, 3.8) is 0 Å². The number of amides is 1. The Morgan fingerprint density at radius 3 is 2.33 bits per heavy atom. The number of nitrogens with one attached hydrogen (secondary N) is 1. The number of hydrogen-bond acceptors (Lipinski definition) is 3. The molecule has 18 heavy (non-hydrogen) atoms. The summed E-state index contributed by atoms with van der Waals surface area (Å²) in [7, 11) is 0. The molecule has 1 amide bonds. The van der Waals surface area contributed by atoms with E-state index in [1.807, 2.05) is 0 Å². The van der Waals surface area contributed by atoms with Crippen LogP contribution in [0.15, 0.2) is 0 Å². The molecule has 102 valence electrons. The summed E-state index contributed by atoms with van der Waals surface area (Å²) in [5.74, 6) is 2.02. The molecule has 1 unspecified atom stereocenters. The normalized spacial score (nSPS) is 45.1. The molecule has 4 nitrogen and oxygen atoms in total. The van der Waals surface area contributed by atoms with Crippen molar-refractivity contribution in [2.45, 2.75) is 31.3 Å². The maximum absolute atomic E-state index is 12.6. The topological polar surface area (TPSA) is 41.6 Å². The van der Waals surface area contributed by atoms with Crippen LogP contribution in [0.4, 0.5) is 0 Å². The molecule has 4 rings (SSSR count). The highest BCUT2D eigenvalue weighted by molar-refractivity contribution is 5.85. The predicted octanol–water partition coefficient (Wildman–Crippen LogP) is 0.653. The first-order chi connectivity index (χ1) is 8.36. The van der Waals surface area contributed by atoms with Crippen LogP contribution in [-0.2, 0) is 9.53 Å². The first-order valence-electron chi connectivity index (χ1n) is 6.97. The summed E-state index contributed by atoms with van der Waals surface area (Å²) < 4.78 is 5.36. The van der Waals surface area contributed by atoms with E-state index < -0.39 is 0 Å². The summed E-state index contributed by atoms with van der Waals surface area (Å²) in [5.41, 5.74) is 0. The van der Waals surface area contributed by atoms with Crippen LogP contribution in [0.25, 0.3) is 0 Å². The Labute approximate surface area is 114 Å². The Balaban J connectivity index is 0.000001000. The van der Waals surface area contributed by atoms with Crippen LogP contribution in [0.2, 0.25) is 0 Å². The van der Waals surface area contributed by atoms with Gasteiger partial charge in [0, 0.05) is 31.8 Å². The minimum absolute atomic E-state index is 0. The lowest BCUT2D eigenvalue weighted by molar-refractivity contribution is -0.137. The molecule has 4 fully saturated rings. The van der Waals surface area contributed by atoms with E-state index in [0.717, 1.165) is 38.0 Å². The molecule has 4 aliphatic rings. The Morgan fingerprint density at radius 2 is 1.78 bits per heavy atom. The van der Waals surface area contributed by atoms with Crippen molar-refractivity contribution in [1.29, 1.82) is 0 Å². The van der Waals surface area contributed by atoms with Gasteiger partial charge in [-0.15, -0.1) is 12.4 Å². The van der Waals surface area contributed by atoms with Gasteiger partial charge >= 0.3 is 0 Å². The molecule has 0 saturated carbocycles. The maximum Gasteiger partial charge on any atom is 0.228 e. The van der Waals surface area contributed by atoms with Gasteiger partial charge in [-0.25, -0.2) is 0 Å². The second-order valence-electron chi connectivity index (χ2n) is 6.00. The van der Waals surface area contributed by atoms with E-state index in [9.17, 15) is 4.79 Å². The molecule has 0 radical (unpaired) electrons. The van der Waals surface area contributed by atoms with E-state index >= 15 is 0 Å². The molecule has 2 bridgehead atoms. The van der Waals surface area contributed by atoms with Crippen molar-refractivity contribution in [1.82, 2.24) is 10.2 Å². The van der Waals surface area contributed by atoms with Crippen molar-refractivity contribution in [3.8, 4) is 0 Å². The molecule has 0 spiro atoms. The SMILES string of the molecule is Cl.O=C(C1CCOC1)N1[C@@H]2CC[C@H]1[C@H]1CNC[C@H]12. The standard InChI is InChI=1S/C13H20N2O2.ClH/c16-13(8-3-4-17-7-8)15-11-1-2-12(15)10-6-14-5-9(10)11;/h8-12,14H,1-7H2;1H/t8?,9-,10+,11-,12+;. The summed E-state index contributed by atoms with van der Waals surface area (Å²) in [4.78, 5) is 14.8. The molecule has 5 atom stereocenters. The van der Waals surface area contributed by atoms with Crippen molar-refractivity contribution >= 4 is 18.3 Å². The number of fused-ring (bicyclic) bond motifs is 5. The highest BCUT2D eigenvalue weighted by Gasteiger charge is 2.56. The van der Waals surface area contributed by atoms with E-state index in [-0.39, 0.29) is 18.3 Å². The van der Waals surface area contributed by atoms with Gasteiger partial charge in [-0.05, 0) is 31.1 Å². The fraction of sp³-hybridized carbons (Fsp3) is 0.923. The zero-order chi connectivity index (χ0) is 11.4. The van der Waals surface area contributed by atoms with Crippen LogP contribution in [-0.4, -0.2) is 49.2 Å². The molecule has 5 heteroatoms. The third kappa shape index (κ3) is 1.62. The van der Waals surface area contributed by atoms with E-state index in [0.29, 0.717) is 24.6 Å². The smallest absolute Gasteiger partial charge is 0.228 e. The van der Waals surface area contributed by atoms with Crippen LogP contribution in [0.3, 0.4) is 0 Å². The monoisotopic (exact) mass is 272 g/mol. The average Bonchev–Trinajstić information content (AvgIpc) is 3.11. The van der Waals surface area contributed by atoms with Crippen molar-refractivity contribution in [2.75, 3.05) is 26.3 Å². The summed E-state index contributed by atoms with van der Waals surface area (Å²) in [6.45, 7) is 3.67. The maximum atomic E-state index is 12.6. The van der Waals surface area contributed by atoms with E-state index in [4.69, 9.17) is 4.74 Å². The highest BCUT2D eigenvalue weighted by Crippen LogP contribution is 2.48. The van der Waals surface area contributed by atoms with Crippen LogP contribution < -0.4 is 5.32 Å². The highest BCUT2D eigenvalue weighted by atomic mass is 35.5. The predicted molar refractivity (Wildman–Crippen MR) is 69.7 cm³/mol. The zero-order valence-electron chi connectivity index (χ0n) is 10.5. The van der Waals surface area contributed by atoms with E-state index in [1.54, 1.807) is 0 Å².